The third kappa shape index (κ3) is 4.49. The van der Waals surface area contributed by atoms with Crippen LogP contribution in [-0.4, -0.2) is 48.3 Å². The third-order valence-corrected chi connectivity index (χ3v) is 5.37. The molecule has 7 heteroatoms. The van der Waals surface area contributed by atoms with Gasteiger partial charge in [-0.05, 0) is 24.1 Å². The van der Waals surface area contributed by atoms with E-state index in [2.05, 4.69) is 12.2 Å². The summed E-state index contributed by atoms with van der Waals surface area (Å²) in [6.45, 7) is 3.69. The number of ether oxygens (including phenoxy) is 4. The van der Waals surface area contributed by atoms with Gasteiger partial charge in [-0.15, -0.1) is 0 Å². The molecule has 2 fully saturated rings. The van der Waals surface area contributed by atoms with Crippen molar-refractivity contribution in [1.82, 2.24) is 5.32 Å². The van der Waals surface area contributed by atoms with Gasteiger partial charge in [-0.1, -0.05) is 49.4 Å². The molecule has 4 rings (SSSR count). The maximum absolute atomic E-state index is 11.8. The SMILES string of the molecule is CCc1cccc(O[C@@H]2O[C@@H]3CO[C@@H](c4ccccc4)O[C@H]3[C@H](O)[C@H]2NC(C)=O)c1. The molecule has 1 amide bonds. The minimum absolute atomic E-state index is 0.239. The van der Waals surface area contributed by atoms with Crippen LogP contribution in [-0.2, 0) is 25.4 Å². The Kier molecular flexibility index (Phi) is 6.34. The van der Waals surface area contributed by atoms with Crippen LogP contribution in [0.25, 0.3) is 0 Å². The van der Waals surface area contributed by atoms with Gasteiger partial charge in [0.15, 0.2) is 6.29 Å². The van der Waals surface area contributed by atoms with Crippen LogP contribution in [0.3, 0.4) is 0 Å². The van der Waals surface area contributed by atoms with Crippen LogP contribution >= 0.6 is 0 Å². The average molecular weight is 413 g/mol. The van der Waals surface area contributed by atoms with Gasteiger partial charge < -0.3 is 29.4 Å². The summed E-state index contributed by atoms with van der Waals surface area (Å²) in [5.41, 5.74) is 1.97. The fraction of sp³-hybridized carbons (Fsp3) is 0.435. The van der Waals surface area contributed by atoms with Crippen LogP contribution in [0.15, 0.2) is 54.6 Å². The molecule has 0 saturated carbocycles. The summed E-state index contributed by atoms with van der Waals surface area (Å²) in [7, 11) is 0. The molecule has 7 nitrogen and oxygen atoms in total. The maximum atomic E-state index is 11.8. The van der Waals surface area contributed by atoms with E-state index >= 15 is 0 Å². The first-order chi connectivity index (χ1) is 14.5. The van der Waals surface area contributed by atoms with Crippen molar-refractivity contribution in [2.24, 2.45) is 0 Å². The molecule has 2 aliphatic heterocycles. The van der Waals surface area contributed by atoms with E-state index in [1.54, 1.807) is 0 Å². The molecule has 2 aromatic rings. The second-order valence-electron chi connectivity index (χ2n) is 7.56. The quantitative estimate of drug-likeness (QED) is 0.783. The molecule has 0 bridgehead atoms. The van der Waals surface area contributed by atoms with Crippen LogP contribution in [0.5, 0.6) is 5.75 Å². The molecule has 0 aromatic heterocycles. The zero-order chi connectivity index (χ0) is 21.1. The standard InChI is InChI=1S/C23H27NO6/c1-3-15-8-7-11-17(12-15)28-23-19(24-14(2)25)20(26)21-18(29-23)13-27-22(30-21)16-9-5-4-6-10-16/h4-12,18-23,26H,3,13H2,1-2H3,(H,24,25)/t18-,19-,20-,21-,22-,23-/m1/s1. The highest BCUT2D eigenvalue weighted by Gasteiger charge is 2.50. The molecule has 30 heavy (non-hydrogen) atoms. The van der Waals surface area contributed by atoms with Crippen LogP contribution in [0.2, 0.25) is 0 Å². The first kappa shape index (κ1) is 20.8. The number of benzene rings is 2. The molecule has 2 aliphatic rings. The van der Waals surface area contributed by atoms with E-state index in [1.165, 1.54) is 6.92 Å². The number of fused-ring (bicyclic) bond motifs is 1. The largest absolute Gasteiger partial charge is 0.463 e. The topological polar surface area (TPSA) is 86.2 Å². The minimum atomic E-state index is -1.03. The summed E-state index contributed by atoms with van der Waals surface area (Å²) >= 11 is 0. The van der Waals surface area contributed by atoms with Crippen LogP contribution in [0, 0.1) is 0 Å². The molecule has 2 N–H and O–H groups in total. The van der Waals surface area contributed by atoms with Gasteiger partial charge in [-0.3, -0.25) is 4.79 Å². The first-order valence-electron chi connectivity index (χ1n) is 10.2. The van der Waals surface area contributed by atoms with E-state index in [-0.39, 0.29) is 12.5 Å². The Hall–Kier alpha value is -2.45. The van der Waals surface area contributed by atoms with E-state index in [9.17, 15) is 9.90 Å². The van der Waals surface area contributed by atoms with Gasteiger partial charge in [0.1, 0.15) is 30.1 Å². The Labute approximate surface area is 175 Å². The number of aliphatic hydroxyl groups excluding tert-OH is 1. The smallest absolute Gasteiger partial charge is 0.223 e. The fourth-order valence-electron chi connectivity index (χ4n) is 3.83. The molecule has 2 heterocycles. The second kappa shape index (κ2) is 9.14. The number of amides is 1. The van der Waals surface area contributed by atoms with Crippen LogP contribution < -0.4 is 10.1 Å². The molecule has 160 valence electrons. The van der Waals surface area contributed by atoms with E-state index < -0.39 is 36.9 Å². The summed E-state index contributed by atoms with van der Waals surface area (Å²) in [5, 5.41) is 13.8. The molecular formula is C23H27NO6. The summed E-state index contributed by atoms with van der Waals surface area (Å²) in [4.78, 5) is 11.8. The van der Waals surface area contributed by atoms with Gasteiger partial charge >= 0.3 is 0 Å². The van der Waals surface area contributed by atoms with Gasteiger partial charge in [0.25, 0.3) is 0 Å². The predicted octanol–water partition coefficient (Wildman–Crippen LogP) is 2.33. The predicted molar refractivity (Wildman–Crippen MR) is 109 cm³/mol. The van der Waals surface area contributed by atoms with Gasteiger partial charge in [0.2, 0.25) is 12.2 Å². The summed E-state index contributed by atoms with van der Waals surface area (Å²) in [6.07, 6.45) is -2.83. The van der Waals surface area contributed by atoms with Gasteiger partial charge in [-0.2, -0.15) is 0 Å². The number of carbonyl (C=O) groups excluding carboxylic acids is 1. The van der Waals surface area contributed by atoms with Crippen molar-refractivity contribution < 1.29 is 28.8 Å². The lowest BCUT2D eigenvalue weighted by Gasteiger charge is -2.47. The van der Waals surface area contributed by atoms with E-state index in [0.717, 1.165) is 17.5 Å². The number of aryl methyl sites for hydroxylation is 1. The van der Waals surface area contributed by atoms with Crippen molar-refractivity contribution in [2.45, 2.75) is 57.2 Å². The lowest BCUT2D eigenvalue weighted by atomic mass is 9.95. The highest BCUT2D eigenvalue weighted by atomic mass is 16.7. The molecule has 0 spiro atoms. The number of rotatable bonds is 5. The molecule has 0 radical (unpaired) electrons. The van der Waals surface area contributed by atoms with Crippen molar-refractivity contribution in [3.8, 4) is 5.75 Å². The Balaban J connectivity index is 1.53. The van der Waals surface area contributed by atoms with Crippen molar-refractivity contribution in [3.05, 3.63) is 65.7 Å². The molecular weight excluding hydrogens is 386 g/mol. The second-order valence-corrected chi connectivity index (χ2v) is 7.56. The number of hydrogen-bond acceptors (Lipinski definition) is 6. The maximum Gasteiger partial charge on any atom is 0.223 e. The highest BCUT2D eigenvalue weighted by Crippen LogP contribution is 2.34. The Morgan fingerprint density at radius 3 is 2.70 bits per heavy atom. The number of aliphatic hydroxyl groups is 1. The summed E-state index contributed by atoms with van der Waals surface area (Å²) in [5.74, 6) is 0.323. The van der Waals surface area contributed by atoms with Crippen molar-refractivity contribution in [2.75, 3.05) is 6.61 Å². The number of hydrogen-bond donors (Lipinski definition) is 2. The van der Waals surface area contributed by atoms with Crippen molar-refractivity contribution >= 4 is 5.91 Å². The van der Waals surface area contributed by atoms with E-state index in [0.29, 0.717) is 5.75 Å². The Morgan fingerprint density at radius 2 is 1.97 bits per heavy atom. The van der Waals surface area contributed by atoms with E-state index in [4.69, 9.17) is 18.9 Å². The van der Waals surface area contributed by atoms with Crippen LogP contribution in [0.1, 0.15) is 31.3 Å². The fourth-order valence-corrected chi connectivity index (χ4v) is 3.83. The normalized spacial score (nSPS) is 30.9. The zero-order valence-corrected chi connectivity index (χ0v) is 17.1. The van der Waals surface area contributed by atoms with Crippen molar-refractivity contribution in [1.29, 1.82) is 0 Å². The third-order valence-electron chi connectivity index (χ3n) is 5.37. The van der Waals surface area contributed by atoms with Gasteiger partial charge in [0.05, 0.1) is 6.61 Å². The zero-order valence-electron chi connectivity index (χ0n) is 17.1. The van der Waals surface area contributed by atoms with Gasteiger partial charge in [0, 0.05) is 12.5 Å². The van der Waals surface area contributed by atoms with Crippen LogP contribution in [0.4, 0.5) is 0 Å². The lowest BCUT2D eigenvalue weighted by molar-refractivity contribution is -0.333. The summed E-state index contributed by atoms with van der Waals surface area (Å²) < 4.78 is 24.0. The molecule has 2 saturated heterocycles. The number of nitrogens with one attached hydrogen (secondary N) is 1. The van der Waals surface area contributed by atoms with Crippen molar-refractivity contribution in [3.63, 3.8) is 0 Å². The minimum Gasteiger partial charge on any atom is -0.463 e. The number of carbonyl (C=O) groups is 1. The van der Waals surface area contributed by atoms with Gasteiger partial charge in [-0.25, -0.2) is 0 Å². The molecule has 0 aliphatic carbocycles. The summed E-state index contributed by atoms with van der Waals surface area (Å²) in [6, 6.07) is 16.4. The molecule has 0 unspecified atom stereocenters. The van der Waals surface area contributed by atoms with E-state index in [1.807, 2.05) is 54.6 Å². The lowest BCUT2D eigenvalue weighted by Crippen LogP contribution is -2.67. The highest BCUT2D eigenvalue weighted by molar-refractivity contribution is 5.73. The Bertz CT molecular complexity index is 860. The Morgan fingerprint density at radius 1 is 1.17 bits per heavy atom. The molecule has 2 aromatic carbocycles. The first-order valence-corrected chi connectivity index (χ1v) is 10.2. The monoisotopic (exact) mass is 413 g/mol. The molecule has 6 atom stereocenters. The average Bonchev–Trinajstić information content (AvgIpc) is 2.77.